The zero-order valence-electron chi connectivity index (χ0n) is 18.8. The number of carbonyl (C=O) groups is 1. The van der Waals surface area contributed by atoms with Gasteiger partial charge < -0.3 is 9.64 Å². The minimum atomic E-state index is -3.91. The highest BCUT2D eigenvalue weighted by molar-refractivity contribution is 7.89. The molecule has 0 unspecified atom stereocenters. The number of rotatable bonds is 4. The molecule has 0 aromatic heterocycles. The lowest BCUT2D eigenvalue weighted by atomic mass is 10.1. The van der Waals surface area contributed by atoms with Crippen molar-refractivity contribution in [1.29, 1.82) is 0 Å². The van der Waals surface area contributed by atoms with Gasteiger partial charge in [0.05, 0.1) is 5.02 Å². The van der Waals surface area contributed by atoms with Crippen LogP contribution in [-0.4, -0.2) is 45.4 Å². The fourth-order valence-corrected chi connectivity index (χ4v) is 6.24. The maximum absolute atomic E-state index is 13.7. The van der Waals surface area contributed by atoms with Crippen molar-refractivity contribution in [3.05, 3.63) is 58.1 Å². The van der Waals surface area contributed by atoms with Gasteiger partial charge in [-0.1, -0.05) is 67.1 Å². The van der Waals surface area contributed by atoms with Crippen molar-refractivity contribution in [3.8, 4) is 0 Å². The van der Waals surface area contributed by atoms with Crippen molar-refractivity contribution in [2.24, 2.45) is 0 Å². The number of halogens is 2. The molecule has 0 spiro atoms. The molecule has 1 heterocycles. The van der Waals surface area contributed by atoms with Crippen LogP contribution in [-0.2, 0) is 26.1 Å². The smallest absolute Gasteiger partial charge is 0.252 e. The number of sulfonamides is 1. The Morgan fingerprint density at radius 3 is 2.36 bits per heavy atom. The molecular weight excluding hydrogens is 483 g/mol. The Hall–Kier alpha value is -1.64. The number of methoxy groups -OCH3 is 1. The number of hydrogen-bond acceptors (Lipinski definition) is 4. The summed E-state index contributed by atoms with van der Waals surface area (Å²) < 4.78 is 33.9. The number of amides is 1. The molecule has 2 aromatic rings. The van der Waals surface area contributed by atoms with E-state index >= 15 is 0 Å². The van der Waals surface area contributed by atoms with Gasteiger partial charge in [0.15, 0.2) is 0 Å². The Labute approximate surface area is 206 Å². The largest absolute Gasteiger partial charge is 0.375 e. The first-order valence-electron chi connectivity index (χ1n) is 11.2. The number of anilines is 1. The van der Waals surface area contributed by atoms with Crippen LogP contribution < -0.4 is 4.90 Å². The summed E-state index contributed by atoms with van der Waals surface area (Å²) in [6.07, 6.45) is 5.63. The third-order valence-electron chi connectivity index (χ3n) is 5.75. The van der Waals surface area contributed by atoms with Crippen molar-refractivity contribution in [3.63, 3.8) is 0 Å². The van der Waals surface area contributed by atoms with Gasteiger partial charge in [0.25, 0.3) is 5.91 Å². The van der Waals surface area contributed by atoms with E-state index in [9.17, 15) is 13.2 Å². The molecule has 180 valence electrons. The molecular formula is C24H30Cl2N2O4S. The van der Waals surface area contributed by atoms with Crippen LogP contribution in [0.4, 0.5) is 5.69 Å². The topological polar surface area (TPSA) is 66.9 Å². The van der Waals surface area contributed by atoms with Crippen molar-refractivity contribution in [1.82, 2.24) is 4.31 Å². The van der Waals surface area contributed by atoms with E-state index in [4.69, 9.17) is 27.9 Å². The zero-order valence-corrected chi connectivity index (χ0v) is 21.1. The Balaban J connectivity index is 2.04. The van der Waals surface area contributed by atoms with E-state index in [2.05, 4.69) is 0 Å². The summed E-state index contributed by atoms with van der Waals surface area (Å²) in [7, 11) is -2.42. The number of para-hydroxylation sites is 1. The monoisotopic (exact) mass is 512 g/mol. The van der Waals surface area contributed by atoms with E-state index < -0.39 is 10.0 Å². The van der Waals surface area contributed by atoms with E-state index in [1.807, 2.05) is 24.3 Å². The summed E-state index contributed by atoms with van der Waals surface area (Å²) in [5.41, 5.74) is 1.46. The molecule has 2 aromatic carbocycles. The van der Waals surface area contributed by atoms with Crippen LogP contribution in [0.25, 0.3) is 0 Å². The molecule has 0 N–H and O–H groups in total. The molecule has 1 aliphatic heterocycles. The predicted molar refractivity (Wildman–Crippen MR) is 132 cm³/mol. The Morgan fingerprint density at radius 2 is 1.64 bits per heavy atom. The first-order chi connectivity index (χ1) is 15.8. The van der Waals surface area contributed by atoms with Crippen LogP contribution >= 0.6 is 23.2 Å². The van der Waals surface area contributed by atoms with Gasteiger partial charge in [-0.05, 0) is 42.7 Å². The summed E-state index contributed by atoms with van der Waals surface area (Å²) in [6, 6.07) is 11.9. The van der Waals surface area contributed by atoms with Gasteiger partial charge in [-0.15, -0.1) is 0 Å². The highest BCUT2D eigenvalue weighted by Gasteiger charge is 2.29. The van der Waals surface area contributed by atoms with Crippen LogP contribution in [0.1, 0.15) is 44.1 Å². The lowest BCUT2D eigenvalue weighted by Crippen LogP contribution is -2.37. The number of ether oxygens (including phenoxy) is 1. The lowest BCUT2D eigenvalue weighted by Gasteiger charge is -2.28. The molecule has 3 rings (SSSR count). The van der Waals surface area contributed by atoms with Crippen LogP contribution in [0.2, 0.25) is 10.0 Å². The minimum Gasteiger partial charge on any atom is -0.375 e. The average Bonchev–Trinajstić information content (AvgIpc) is 2.80. The zero-order chi connectivity index (χ0) is 23.8. The molecule has 0 aliphatic carbocycles. The van der Waals surface area contributed by atoms with Gasteiger partial charge in [-0.3, -0.25) is 4.79 Å². The number of fused-ring (bicyclic) bond motifs is 1. The molecule has 1 aliphatic rings. The fourth-order valence-electron chi connectivity index (χ4n) is 4.04. The van der Waals surface area contributed by atoms with Gasteiger partial charge in [-0.2, -0.15) is 4.31 Å². The standard InChI is InChI=1S/C24H30Cl2N2O4S/c1-32-18-24(29)28-15-9-5-3-2-4-8-14-27(17-19-10-6-7-11-22(19)28)33(30,31)23-16-20(25)12-13-21(23)26/h6-7,10-13,16H,2-5,8-9,14-15,17-18H2,1H3. The van der Waals surface area contributed by atoms with Gasteiger partial charge in [0.2, 0.25) is 10.0 Å². The van der Waals surface area contributed by atoms with E-state index in [1.54, 1.807) is 11.0 Å². The molecule has 0 fully saturated rings. The first-order valence-corrected chi connectivity index (χ1v) is 13.4. The van der Waals surface area contributed by atoms with E-state index in [-0.39, 0.29) is 29.0 Å². The number of benzene rings is 2. The van der Waals surface area contributed by atoms with Gasteiger partial charge in [0, 0.05) is 37.5 Å². The van der Waals surface area contributed by atoms with E-state index in [0.29, 0.717) is 23.8 Å². The molecule has 6 nitrogen and oxygen atoms in total. The minimum absolute atomic E-state index is 0.00854. The summed E-state index contributed by atoms with van der Waals surface area (Å²) in [6.45, 7) is 1.00. The van der Waals surface area contributed by atoms with E-state index in [0.717, 1.165) is 44.1 Å². The second-order valence-corrected chi connectivity index (χ2v) is 10.9. The van der Waals surface area contributed by atoms with Crippen LogP contribution in [0.3, 0.4) is 0 Å². The summed E-state index contributed by atoms with van der Waals surface area (Å²) >= 11 is 12.4. The average molecular weight is 513 g/mol. The first kappa shape index (κ1) is 26.0. The normalized spacial score (nSPS) is 16.9. The molecule has 33 heavy (non-hydrogen) atoms. The van der Waals surface area contributed by atoms with Crippen LogP contribution in [0.15, 0.2) is 47.4 Å². The van der Waals surface area contributed by atoms with Gasteiger partial charge in [0.1, 0.15) is 11.5 Å². The Kier molecular flexibility index (Phi) is 9.58. The third-order valence-corrected chi connectivity index (χ3v) is 8.31. The number of hydrogen-bond donors (Lipinski definition) is 0. The summed E-state index contributed by atoms with van der Waals surface area (Å²) in [4.78, 5) is 14.6. The molecule has 0 atom stereocenters. The van der Waals surface area contributed by atoms with Crippen molar-refractivity contribution < 1.29 is 17.9 Å². The fraction of sp³-hybridized carbons (Fsp3) is 0.458. The molecule has 0 radical (unpaired) electrons. The third kappa shape index (κ3) is 6.70. The maximum Gasteiger partial charge on any atom is 0.252 e. The second-order valence-electron chi connectivity index (χ2n) is 8.14. The SMILES string of the molecule is COCC(=O)N1CCCCCCCCN(S(=O)(=O)c2cc(Cl)ccc2Cl)Cc2ccccc21. The van der Waals surface area contributed by atoms with Crippen LogP contribution in [0.5, 0.6) is 0 Å². The van der Waals surface area contributed by atoms with E-state index in [1.165, 1.54) is 23.5 Å². The molecule has 1 amide bonds. The molecule has 0 saturated heterocycles. The quantitative estimate of drug-likeness (QED) is 0.540. The molecule has 9 heteroatoms. The predicted octanol–water partition coefficient (Wildman–Crippen LogP) is 5.52. The number of nitrogens with zero attached hydrogens (tertiary/aromatic N) is 2. The summed E-state index contributed by atoms with van der Waals surface area (Å²) in [5, 5.41) is 0.438. The number of carbonyl (C=O) groups excluding carboxylic acids is 1. The van der Waals surface area contributed by atoms with Gasteiger partial charge >= 0.3 is 0 Å². The van der Waals surface area contributed by atoms with Crippen molar-refractivity contribution in [2.75, 3.05) is 31.7 Å². The van der Waals surface area contributed by atoms with Crippen molar-refractivity contribution >= 4 is 44.8 Å². The Morgan fingerprint density at radius 1 is 0.970 bits per heavy atom. The highest BCUT2D eigenvalue weighted by atomic mass is 35.5. The van der Waals surface area contributed by atoms with Crippen molar-refractivity contribution in [2.45, 2.75) is 50.0 Å². The lowest BCUT2D eigenvalue weighted by molar-refractivity contribution is -0.122. The van der Waals surface area contributed by atoms with Gasteiger partial charge in [-0.25, -0.2) is 8.42 Å². The Bertz CT molecular complexity index is 1060. The van der Waals surface area contributed by atoms with Crippen LogP contribution in [0, 0.1) is 0 Å². The molecule has 0 bridgehead atoms. The summed E-state index contributed by atoms with van der Waals surface area (Å²) in [5.74, 6) is -0.146. The molecule has 0 saturated carbocycles. The maximum atomic E-state index is 13.7. The highest BCUT2D eigenvalue weighted by Crippen LogP contribution is 2.31. The second kappa shape index (κ2) is 12.2.